The summed E-state index contributed by atoms with van der Waals surface area (Å²) in [6.07, 6.45) is 1.67. The van der Waals surface area contributed by atoms with E-state index in [1.807, 2.05) is 54.6 Å². The molecule has 0 spiro atoms. The highest BCUT2D eigenvalue weighted by molar-refractivity contribution is 5.95. The fourth-order valence-electron chi connectivity index (χ4n) is 2.88. The first-order valence-electron chi connectivity index (χ1n) is 8.29. The van der Waals surface area contributed by atoms with Gasteiger partial charge in [-0.2, -0.15) is 0 Å². The molecule has 1 unspecified atom stereocenters. The quantitative estimate of drug-likeness (QED) is 0.761. The van der Waals surface area contributed by atoms with E-state index in [2.05, 4.69) is 10.6 Å². The molecule has 25 heavy (non-hydrogen) atoms. The molecule has 1 atom stereocenters. The van der Waals surface area contributed by atoms with E-state index in [1.54, 1.807) is 0 Å². The normalized spacial score (nSPS) is 15.7. The number of amides is 1. The van der Waals surface area contributed by atoms with Gasteiger partial charge in [0.2, 0.25) is 5.91 Å². The lowest BCUT2D eigenvalue weighted by atomic mass is 9.92. The Morgan fingerprint density at radius 3 is 2.36 bits per heavy atom. The van der Waals surface area contributed by atoms with Gasteiger partial charge in [-0.1, -0.05) is 24.3 Å². The van der Waals surface area contributed by atoms with Gasteiger partial charge in [0.1, 0.15) is 0 Å². The second kappa shape index (κ2) is 9.42. The molecule has 3 rings (SSSR count). The largest absolute Gasteiger partial charge is 0.381 e. The number of anilines is 3. The number of hydrogen-bond donors (Lipinski definition) is 3. The zero-order valence-corrected chi connectivity index (χ0v) is 14.8. The molecule has 0 saturated carbocycles. The van der Waals surface area contributed by atoms with Crippen molar-refractivity contribution in [3.8, 4) is 0 Å². The lowest BCUT2D eigenvalue weighted by molar-refractivity contribution is -0.119. The van der Waals surface area contributed by atoms with E-state index in [1.165, 1.54) is 0 Å². The molecule has 0 bridgehead atoms. The van der Waals surface area contributed by atoms with Crippen LogP contribution in [0.25, 0.3) is 0 Å². The molecule has 5 nitrogen and oxygen atoms in total. The number of carbonyl (C=O) groups is 1. The number of hydrogen-bond acceptors (Lipinski definition) is 4. The number of carbonyl (C=O) groups excluding carboxylic acids is 1. The minimum Gasteiger partial charge on any atom is -0.381 e. The molecule has 1 aliphatic heterocycles. The zero-order valence-electron chi connectivity index (χ0n) is 14.0. The van der Waals surface area contributed by atoms with E-state index >= 15 is 0 Å². The van der Waals surface area contributed by atoms with E-state index in [9.17, 15) is 4.79 Å². The van der Waals surface area contributed by atoms with Crippen molar-refractivity contribution < 1.29 is 9.53 Å². The van der Waals surface area contributed by atoms with Gasteiger partial charge in [-0.05, 0) is 49.1 Å². The number of ether oxygens (including phenoxy) is 1. The SMILES string of the molecule is Cl.NC(C(=O)Nc1cccc(Nc2ccccc2)c1)C1CCOCC1. The van der Waals surface area contributed by atoms with Gasteiger partial charge in [0.05, 0.1) is 6.04 Å². The maximum atomic E-state index is 12.4. The van der Waals surface area contributed by atoms with Crippen LogP contribution in [0.2, 0.25) is 0 Å². The average Bonchev–Trinajstić information content (AvgIpc) is 2.63. The van der Waals surface area contributed by atoms with Gasteiger partial charge < -0.3 is 21.1 Å². The average molecular weight is 362 g/mol. The topological polar surface area (TPSA) is 76.4 Å². The smallest absolute Gasteiger partial charge is 0.241 e. The molecule has 1 aliphatic rings. The summed E-state index contributed by atoms with van der Waals surface area (Å²) >= 11 is 0. The molecule has 4 N–H and O–H groups in total. The highest BCUT2D eigenvalue weighted by Crippen LogP contribution is 2.22. The zero-order chi connectivity index (χ0) is 16.8. The number of para-hydroxylation sites is 1. The molecule has 6 heteroatoms. The first kappa shape index (κ1) is 19.2. The van der Waals surface area contributed by atoms with Gasteiger partial charge in [-0.25, -0.2) is 0 Å². The summed E-state index contributed by atoms with van der Waals surface area (Å²) in [6.45, 7) is 1.37. The van der Waals surface area contributed by atoms with Crippen LogP contribution in [0.1, 0.15) is 12.8 Å². The minimum atomic E-state index is -0.500. The Balaban J connectivity index is 0.00000225. The summed E-state index contributed by atoms with van der Waals surface area (Å²) in [4.78, 5) is 12.4. The Labute approximate surface area is 154 Å². The summed E-state index contributed by atoms with van der Waals surface area (Å²) in [5.41, 5.74) is 8.77. The minimum absolute atomic E-state index is 0. The molecule has 134 valence electrons. The Kier molecular flexibility index (Phi) is 7.25. The van der Waals surface area contributed by atoms with Gasteiger partial charge in [0, 0.05) is 30.3 Å². The first-order chi connectivity index (χ1) is 11.7. The van der Waals surface area contributed by atoms with Crippen molar-refractivity contribution in [2.24, 2.45) is 11.7 Å². The first-order valence-corrected chi connectivity index (χ1v) is 8.29. The molecular formula is C19H24ClN3O2. The van der Waals surface area contributed by atoms with Crippen LogP contribution < -0.4 is 16.4 Å². The number of rotatable bonds is 5. The van der Waals surface area contributed by atoms with E-state index in [-0.39, 0.29) is 24.2 Å². The molecular weight excluding hydrogens is 338 g/mol. The standard InChI is InChI=1S/C19H23N3O2.ClH/c20-18(14-9-11-24-12-10-14)19(23)22-17-8-4-7-16(13-17)21-15-5-2-1-3-6-15;/h1-8,13-14,18,21H,9-12,20H2,(H,22,23);1H. The van der Waals surface area contributed by atoms with Crippen LogP contribution in [-0.4, -0.2) is 25.2 Å². The summed E-state index contributed by atoms with van der Waals surface area (Å²) < 4.78 is 5.32. The van der Waals surface area contributed by atoms with Crippen molar-refractivity contribution in [2.75, 3.05) is 23.8 Å². The third kappa shape index (κ3) is 5.46. The summed E-state index contributed by atoms with van der Waals surface area (Å²) in [6, 6.07) is 17.0. The molecule has 1 heterocycles. The molecule has 2 aromatic rings. The van der Waals surface area contributed by atoms with Crippen molar-refractivity contribution >= 4 is 35.4 Å². The fraction of sp³-hybridized carbons (Fsp3) is 0.316. The van der Waals surface area contributed by atoms with Crippen molar-refractivity contribution in [3.05, 3.63) is 54.6 Å². The van der Waals surface area contributed by atoms with Crippen molar-refractivity contribution in [3.63, 3.8) is 0 Å². The third-order valence-electron chi connectivity index (χ3n) is 4.27. The van der Waals surface area contributed by atoms with E-state index in [0.717, 1.165) is 29.9 Å². The monoisotopic (exact) mass is 361 g/mol. The van der Waals surface area contributed by atoms with Crippen molar-refractivity contribution in [1.82, 2.24) is 0 Å². The van der Waals surface area contributed by atoms with E-state index in [0.29, 0.717) is 13.2 Å². The third-order valence-corrected chi connectivity index (χ3v) is 4.27. The second-order valence-corrected chi connectivity index (χ2v) is 6.04. The van der Waals surface area contributed by atoms with Crippen molar-refractivity contribution in [2.45, 2.75) is 18.9 Å². The van der Waals surface area contributed by atoms with Gasteiger partial charge >= 0.3 is 0 Å². The predicted molar refractivity (Wildman–Crippen MR) is 104 cm³/mol. The maximum absolute atomic E-state index is 12.4. The molecule has 1 saturated heterocycles. The highest BCUT2D eigenvalue weighted by atomic mass is 35.5. The van der Waals surface area contributed by atoms with Crippen LogP contribution in [0.4, 0.5) is 17.1 Å². The lowest BCUT2D eigenvalue weighted by Gasteiger charge is -2.26. The molecule has 0 radical (unpaired) electrons. The number of nitrogens with one attached hydrogen (secondary N) is 2. The molecule has 0 aromatic heterocycles. The Morgan fingerprint density at radius 2 is 1.64 bits per heavy atom. The number of benzene rings is 2. The van der Waals surface area contributed by atoms with Crippen molar-refractivity contribution in [1.29, 1.82) is 0 Å². The Hall–Kier alpha value is -2.08. The maximum Gasteiger partial charge on any atom is 0.241 e. The summed E-state index contributed by atoms with van der Waals surface area (Å²) in [5, 5.41) is 6.23. The van der Waals surface area contributed by atoms with E-state index < -0.39 is 6.04 Å². The van der Waals surface area contributed by atoms with Crippen LogP contribution in [-0.2, 0) is 9.53 Å². The molecule has 0 aliphatic carbocycles. The van der Waals surface area contributed by atoms with Gasteiger partial charge in [0.25, 0.3) is 0 Å². The second-order valence-electron chi connectivity index (χ2n) is 6.04. The van der Waals surface area contributed by atoms with Gasteiger partial charge in [-0.15, -0.1) is 12.4 Å². The van der Waals surface area contributed by atoms with Crippen LogP contribution in [0.5, 0.6) is 0 Å². The van der Waals surface area contributed by atoms with Gasteiger partial charge in [0.15, 0.2) is 0 Å². The number of nitrogens with two attached hydrogens (primary N) is 1. The van der Waals surface area contributed by atoms with Crippen LogP contribution >= 0.6 is 12.4 Å². The molecule has 1 amide bonds. The Morgan fingerprint density at radius 1 is 1.00 bits per heavy atom. The van der Waals surface area contributed by atoms with Gasteiger partial charge in [-0.3, -0.25) is 4.79 Å². The molecule has 1 fully saturated rings. The Bertz CT molecular complexity index is 675. The lowest BCUT2D eigenvalue weighted by Crippen LogP contribution is -2.44. The summed E-state index contributed by atoms with van der Waals surface area (Å²) in [7, 11) is 0. The fourth-order valence-corrected chi connectivity index (χ4v) is 2.88. The molecule has 2 aromatic carbocycles. The van der Waals surface area contributed by atoms with Crippen LogP contribution in [0.3, 0.4) is 0 Å². The van der Waals surface area contributed by atoms with Crippen LogP contribution in [0, 0.1) is 5.92 Å². The van der Waals surface area contributed by atoms with Crippen LogP contribution in [0.15, 0.2) is 54.6 Å². The number of halogens is 1. The predicted octanol–water partition coefficient (Wildman–Crippen LogP) is 3.54. The summed E-state index contributed by atoms with van der Waals surface area (Å²) in [5.74, 6) is 0.0446. The highest BCUT2D eigenvalue weighted by Gasteiger charge is 2.26. The van der Waals surface area contributed by atoms with E-state index in [4.69, 9.17) is 10.5 Å².